The van der Waals surface area contributed by atoms with E-state index in [9.17, 15) is 8.42 Å². The van der Waals surface area contributed by atoms with Crippen LogP contribution in [0.5, 0.6) is 0 Å². The Balaban J connectivity index is 2.36. The second kappa shape index (κ2) is 6.16. The number of hydrogen-bond donors (Lipinski definition) is 1. The SMILES string of the molecule is CC(C)NCCCc1ncc(CS(C)(=O)=O)o1. The van der Waals surface area contributed by atoms with E-state index in [0.717, 1.165) is 19.4 Å². The maximum atomic E-state index is 11.0. The van der Waals surface area contributed by atoms with Gasteiger partial charge in [0.25, 0.3) is 0 Å². The lowest BCUT2D eigenvalue weighted by atomic mass is 10.3. The van der Waals surface area contributed by atoms with E-state index >= 15 is 0 Å². The zero-order chi connectivity index (χ0) is 12.9. The highest BCUT2D eigenvalue weighted by molar-refractivity contribution is 7.89. The van der Waals surface area contributed by atoms with Crippen LogP contribution in [0, 0.1) is 0 Å². The van der Waals surface area contributed by atoms with Crippen LogP contribution < -0.4 is 5.32 Å². The number of aromatic nitrogens is 1. The second-order valence-electron chi connectivity index (χ2n) is 4.50. The summed E-state index contributed by atoms with van der Waals surface area (Å²) in [5, 5.41) is 3.30. The molecule has 0 saturated carbocycles. The van der Waals surface area contributed by atoms with E-state index in [0.29, 0.717) is 17.7 Å². The molecule has 6 heteroatoms. The van der Waals surface area contributed by atoms with E-state index in [-0.39, 0.29) is 5.75 Å². The van der Waals surface area contributed by atoms with Crippen molar-refractivity contribution in [1.29, 1.82) is 0 Å². The van der Waals surface area contributed by atoms with Gasteiger partial charge in [0.05, 0.1) is 6.20 Å². The number of oxazole rings is 1. The first kappa shape index (κ1) is 14.2. The molecule has 0 radical (unpaired) electrons. The highest BCUT2D eigenvalue weighted by atomic mass is 32.2. The number of nitrogens with zero attached hydrogens (tertiary/aromatic N) is 1. The van der Waals surface area contributed by atoms with Gasteiger partial charge in [-0.25, -0.2) is 13.4 Å². The highest BCUT2D eigenvalue weighted by Gasteiger charge is 2.10. The van der Waals surface area contributed by atoms with E-state index in [1.165, 1.54) is 12.5 Å². The molecule has 0 saturated heterocycles. The van der Waals surface area contributed by atoms with Crippen molar-refractivity contribution in [2.75, 3.05) is 12.8 Å². The van der Waals surface area contributed by atoms with Crippen molar-refractivity contribution >= 4 is 9.84 Å². The summed E-state index contributed by atoms with van der Waals surface area (Å²) in [6.07, 6.45) is 4.33. The predicted molar refractivity (Wildman–Crippen MR) is 66.5 cm³/mol. The van der Waals surface area contributed by atoms with Gasteiger partial charge in [0.1, 0.15) is 11.5 Å². The third kappa shape index (κ3) is 6.43. The van der Waals surface area contributed by atoms with E-state index in [4.69, 9.17) is 4.42 Å². The van der Waals surface area contributed by atoms with Crippen molar-refractivity contribution in [2.24, 2.45) is 0 Å². The molecule has 0 amide bonds. The van der Waals surface area contributed by atoms with Crippen LogP contribution in [-0.2, 0) is 22.0 Å². The van der Waals surface area contributed by atoms with Gasteiger partial charge in [-0.15, -0.1) is 0 Å². The maximum Gasteiger partial charge on any atom is 0.194 e. The molecule has 0 aliphatic heterocycles. The van der Waals surface area contributed by atoms with Crippen molar-refractivity contribution in [3.8, 4) is 0 Å². The molecule has 5 nitrogen and oxygen atoms in total. The summed E-state index contributed by atoms with van der Waals surface area (Å²) in [6.45, 7) is 5.09. The van der Waals surface area contributed by atoms with Gasteiger partial charge >= 0.3 is 0 Å². The summed E-state index contributed by atoms with van der Waals surface area (Å²) in [6, 6.07) is 0.473. The Kier molecular flexibility index (Phi) is 5.14. The number of rotatable bonds is 7. The molecule has 1 N–H and O–H groups in total. The minimum absolute atomic E-state index is 0.0791. The fourth-order valence-corrected chi connectivity index (χ4v) is 2.07. The van der Waals surface area contributed by atoms with Crippen LogP contribution in [0.3, 0.4) is 0 Å². The second-order valence-corrected chi connectivity index (χ2v) is 6.64. The lowest BCUT2D eigenvalue weighted by Gasteiger charge is -2.05. The van der Waals surface area contributed by atoms with Crippen molar-refractivity contribution in [3.05, 3.63) is 17.8 Å². The van der Waals surface area contributed by atoms with E-state index in [2.05, 4.69) is 24.1 Å². The fraction of sp³-hybridized carbons (Fsp3) is 0.727. The normalized spacial score (nSPS) is 12.2. The van der Waals surface area contributed by atoms with E-state index in [1.807, 2.05) is 0 Å². The van der Waals surface area contributed by atoms with Gasteiger partial charge in [0.15, 0.2) is 15.7 Å². The molecule has 17 heavy (non-hydrogen) atoms. The third-order valence-electron chi connectivity index (χ3n) is 2.13. The van der Waals surface area contributed by atoms with Crippen LogP contribution >= 0.6 is 0 Å². The topological polar surface area (TPSA) is 72.2 Å². The van der Waals surface area contributed by atoms with Gasteiger partial charge in [-0.3, -0.25) is 0 Å². The monoisotopic (exact) mass is 260 g/mol. The van der Waals surface area contributed by atoms with Crippen molar-refractivity contribution in [1.82, 2.24) is 10.3 Å². The summed E-state index contributed by atoms with van der Waals surface area (Å²) >= 11 is 0. The largest absolute Gasteiger partial charge is 0.445 e. The Bertz CT molecular complexity index is 437. The van der Waals surface area contributed by atoms with Gasteiger partial charge in [-0.1, -0.05) is 13.8 Å². The summed E-state index contributed by atoms with van der Waals surface area (Å²) in [5.74, 6) is 0.943. The average Bonchev–Trinajstić information content (AvgIpc) is 2.57. The third-order valence-corrected chi connectivity index (χ3v) is 2.93. The molecule has 0 spiro atoms. The summed E-state index contributed by atoms with van der Waals surface area (Å²) in [7, 11) is -3.05. The highest BCUT2D eigenvalue weighted by Crippen LogP contribution is 2.09. The van der Waals surface area contributed by atoms with Crippen molar-refractivity contribution in [3.63, 3.8) is 0 Å². The van der Waals surface area contributed by atoms with Gasteiger partial charge in [-0.2, -0.15) is 0 Å². The zero-order valence-corrected chi connectivity index (χ0v) is 11.4. The molecule has 1 aromatic heterocycles. The van der Waals surface area contributed by atoms with Crippen LogP contribution in [0.2, 0.25) is 0 Å². The van der Waals surface area contributed by atoms with Crippen molar-refractivity contribution in [2.45, 2.75) is 38.5 Å². The minimum atomic E-state index is -3.05. The van der Waals surface area contributed by atoms with Crippen LogP contribution in [0.1, 0.15) is 31.9 Å². The van der Waals surface area contributed by atoms with Crippen LogP contribution in [-0.4, -0.2) is 32.2 Å². The summed E-state index contributed by atoms with van der Waals surface area (Å²) < 4.78 is 27.4. The standard InChI is InChI=1S/C11H20N2O3S/c1-9(2)12-6-4-5-11-13-7-10(16-11)8-17(3,14)15/h7,9,12H,4-6,8H2,1-3H3. The first-order valence-corrected chi connectivity index (χ1v) is 7.77. The number of nitrogens with one attached hydrogen (secondary N) is 1. The summed E-state index contributed by atoms with van der Waals surface area (Å²) in [4.78, 5) is 4.06. The fourth-order valence-electron chi connectivity index (χ4n) is 1.42. The first-order chi connectivity index (χ1) is 7.87. The summed E-state index contributed by atoms with van der Waals surface area (Å²) in [5.41, 5.74) is 0. The molecule has 0 atom stereocenters. The molecule has 1 heterocycles. The number of sulfone groups is 1. The molecule has 0 bridgehead atoms. The molecule has 0 aliphatic rings. The van der Waals surface area contributed by atoms with Crippen LogP contribution in [0.4, 0.5) is 0 Å². The average molecular weight is 260 g/mol. The lowest BCUT2D eigenvalue weighted by Crippen LogP contribution is -2.23. The molecule has 98 valence electrons. The number of aryl methyl sites for hydroxylation is 1. The van der Waals surface area contributed by atoms with Crippen molar-refractivity contribution < 1.29 is 12.8 Å². The predicted octanol–water partition coefficient (Wildman–Crippen LogP) is 1.15. The molecule has 0 unspecified atom stereocenters. The zero-order valence-electron chi connectivity index (χ0n) is 10.6. The van der Waals surface area contributed by atoms with E-state index in [1.54, 1.807) is 0 Å². The molecule has 1 rings (SSSR count). The van der Waals surface area contributed by atoms with Gasteiger partial charge in [0.2, 0.25) is 0 Å². The van der Waals surface area contributed by atoms with Gasteiger partial charge in [-0.05, 0) is 13.0 Å². The first-order valence-electron chi connectivity index (χ1n) is 5.71. The van der Waals surface area contributed by atoms with Crippen LogP contribution in [0.15, 0.2) is 10.6 Å². The smallest absolute Gasteiger partial charge is 0.194 e. The molecular formula is C11H20N2O3S. The Morgan fingerprint density at radius 3 is 2.76 bits per heavy atom. The number of hydrogen-bond acceptors (Lipinski definition) is 5. The molecule has 1 aromatic rings. The Hall–Kier alpha value is -0.880. The molecular weight excluding hydrogens is 240 g/mol. The van der Waals surface area contributed by atoms with Crippen LogP contribution in [0.25, 0.3) is 0 Å². The molecule has 0 aliphatic carbocycles. The van der Waals surface area contributed by atoms with E-state index < -0.39 is 9.84 Å². The van der Waals surface area contributed by atoms with Gasteiger partial charge in [0, 0.05) is 18.7 Å². The maximum absolute atomic E-state index is 11.0. The lowest BCUT2D eigenvalue weighted by molar-refractivity contribution is 0.452. The van der Waals surface area contributed by atoms with Gasteiger partial charge < -0.3 is 9.73 Å². The molecule has 0 aromatic carbocycles. The quantitative estimate of drug-likeness (QED) is 0.745. The Morgan fingerprint density at radius 1 is 1.47 bits per heavy atom. The molecule has 0 fully saturated rings. The Morgan fingerprint density at radius 2 is 2.18 bits per heavy atom. The minimum Gasteiger partial charge on any atom is -0.445 e. The Labute approximate surface area is 103 Å².